The van der Waals surface area contributed by atoms with Gasteiger partial charge in [-0.15, -0.1) is 11.3 Å². The molecule has 2 aromatic heterocycles. The van der Waals surface area contributed by atoms with Crippen LogP contribution in [0.4, 0.5) is 0 Å². The molecule has 0 spiro atoms. The predicted molar refractivity (Wildman–Crippen MR) is 92.8 cm³/mol. The monoisotopic (exact) mass is 347 g/mol. The summed E-state index contributed by atoms with van der Waals surface area (Å²) in [5, 5.41) is 3.44. The zero-order valence-electron chi connectivity index (χ0n) is 14.2. The van der Waals surface area contributed by atoms with Crippen molar-refractivity contribution in [2.75, 3.05) is 6.61 Å². The smallest absolute Gasteiger partial charge is 0.350 e. The Kier molecular flexibility index (Phi) is 6.03. The molecule has 2 heterocycles. The van der Waals surface area contributed by atoms with Crippen molar-refractivity contribution in [1.82, 2.24) is 15.3 Å². The Morgan fingerprint density at radius 1 is 1.29 bits per heavy atom. The molecule has 24 heavy (non-hydrogen) atoms. The van der Waals surface area contributed by atoms with Gasteiger partial charge in [-0.25, -0.2) is 9.78 Å². The number of carbonyl (C=O) groups excluding carboxylic acids is 2. The molecule has 2 aromatic rings. The van der Waals surface area contributed by atoms with E-state index in [0.717, 1.165) is 0 Å². The molecule has 0 aromatic carbocycles. The number of nitrogens with zero attached hydrogens (tertiary/aromatic N) is 2. The zero-order chi connectivity index (χ0) is 17.7. The highest BCUT2D eigenvalue weighted by Crippen LogP contribution is 2.26. The van der Waals surface area contributed by atoms with Crippen molar-refractivity contribution < 1.29 is 14.3 Å². The molecule has 1 atom stereocenters. The number of aromatic nitrogens is 2. The lowest BCUT2D eigenvalue weighted by molar-refractivity contribution is -0.125. The van der Waals surface area contributed by atoms with Crippen LogP contribution in [0.5, 0.6) is 0 Å². The number of amides is 1. The topological polar surface area (TPSA) is 81.2 Å². The van der Waals surface area contributed by atoms with Crippen LogP contribution in [0.15, 0.2) is 24.4 Å². The molecule has 128 valence electrons. The second-order valence-electron chi connectivity index (χ2n) is 5.82. The molecule has 0 saturated heterocycles. The van der Waals surface area contributed by atoms with E-state index < -0.39 is 5.97 Å². The average molecular weight is 347 g/mol. The van der Waals surface area contributed by atoms with E-state index >= 15 is 0 Å². The quantitative estimate of drug-likeness (QED) is 0.813. The molecule has 0 bridgehead atoms. The Bertz CT molecular complexity index is 713. The highest BCUT2D eigenvalue weighted by molar-refractivity contribution is 7.17. The number of hydrogen-bond acceptors (Lipinski definition) is 6. The van der Waals surface area contributed by atoms with Crippen LogP contribution >= 0.6 is 11.3 Å². The molecule has 0 radical (unpaired) electrons. The van der Waals surface area contributed by atoms with Crippen LogP contribution in [0.1, 0.15) is 36.1 Å². The molecule has 0 saturated carbocycles. The maximum Gasteiger partial charge on any atom is 0.350 e. The maximum atomic E-state index is 12.2. The van der Waals surface area contributed by atoms with Crippen LogP contribution < -0.4 is 5.32 Å². The molecule has 1 N–H and O–H groups in total. The minimum absolute atomic E-state index is 0.0251. The lowest BCUT2D eigenvalue weighted by Gasteiger charge is -2.17. The van der Waals surface area contributed by atoms with Crippen LogP contribution in [0.2, 0.25) is 0 Å². The fourth-order valence-corrected chi connectivity index (χ4v) is 2.78. The maximum absolute atomic E-state index is 12.2. The number of carbonyl (C=O) groups is 2. The van der Waals surface area contributed by atoms with E-state index in [9.17, 15) is 9.59 Å². The number of rotatable bonds is 6. The van der Waals surface area contributed by atoms with Crippen molar-refractivity contribution in [3.8, 4) is 10.7 Å². The Morgan fingerprint density at radius 3 is 2.67 bits per heavy atom. The van der Waals surface area contributed by atoms with Gasteiger partial charge in [0.1, 0.15) is 9.88 Å². The van der Waals surface area contributed by atoms with Gasteiger partial charge in [0.2, 0.25) is 0 Å². The third-order valence-corrected chi connectivity index (χ3v) is 4.75. The summed E-state index contributed by atoms with van der Waals surface area (Å²) in [5.74, 6) is -0.537. The molecule has 0 aliphatic heterocycles. The lowest BCUT2D eigenvalue weighted by atomic mass is 10.1. The van der Waals surface area contributed by atoms with Gasteiger partial charge in [0.25, 0.3) is 5.91 Å². The van der Waals surface area contributed by atoms with Gasteiger partial charge in [0.15, 0.2) is 6.61 Å². The molecular formula is C17H21N3O3S. The summed E-state index contributed by atoms with van der Waals surface area (Å²) < 4.78 is 5.10. The largest absolute Gasteiger partial charge is 0.451 e. The third-order valence-electron chi connectivity index (χ3n) is 3.59. The third kappa shape index (κ3) is 4.61. The molecule has 7 heteroatoms. The molecular weight excluding hydrogens is 326 g/mol. The first kappa shape index (κ1) is 18.1. The standard InChI is InChI=1S/C17H21N3O3S/c1-10(2)11(3)19-14(21)9-23-17(22)15-12(4)20-16(24-15)13-7-5-6-8-18-13/h5-8,10-11H,9H2,1-4H3,(H,19,21)/t11-/m0/s1. The van der Waals surface area contributed by atoms with Gasteiger partial charge in [0.05, 0.1) is 11.4 Å². The highest BCUT2D eigenvalue weighted by atomic mass is 32.1. The Morgan fingerprint density at radius 2 is 2.04 bits per heavy atom. The van der Waals surface area contributed by atoms with E-state index in [2.05, 4.69) is 15.3 Å². The summed E-state index contributed by atoms with van der Waals surface area (Å²) in [7, 11) is 0. The summed E-state index contributed by atoms with van der Waals surface area (Å²) in [5.41, 5.74) is 1.27. The van der Waals surface area contributed by atoms with Gasteiger partial charge in [-0.1, -0.05) is 19.9 Å². The van der Waals surface area contributed by atoms with E-state index in [1.165, 1.54) is 11.3 Å². The number of pyridine rings is 1. The SMILES string of the molecule is Cc1nc(-c2ccccn2)sc1C(=O)OCC(=O)N[C@@H](C)C(C)C. The van der Waals surface area contributed by atoms with E-state index in [4.69, 9.17) is 4.74 Å². The van der Waals surface area contributed by atoms with E-state index in [0.29, 0.717) is 27.2 Å². The van der Waals surface area contributed by atoms with E-state index in [-0.39, 0.29) is 18.6 Å². The number of ether oxygens (including phenoxy) is 1. The fraction of sp³-hybridized carbons (Fsp3) is 0.412. The van der Waals surface area contributed by atoms with Gasteiger partial charge in [-0.2, -0.15) is 0 Å². The first-order chi connectivity index (χ1) is 11.4. The van der Waals surface area contributed by atoms with Crippen molar-refractivity contribution in [2.24, 2.45) is 5.92 Å². The minimum atomic E-state index is -0.542. The summed E-state index contributed by atoms with van der Waals surface area (Å²) in [4.78, 5) is 32.9. The molecule has 0 aliphatic carbocycles. The molecule has 0 fully saturated rings. The summed E-state index contributed by atoms with van der Waals surface area (Å²) in [6.45, 7) is 7.37. The van der Waals surface area contributed by atoms with E-state index in [1.807, 2.05) is 39.0 Å². The van der Waals surface area contributed by atoms with E-state index in [1.54, 1.807) is 13.1 Å². The first-order valence-electron chi connectivity index (χ1n) is 7.73. The Labute approximate surface area is 145 Å². The van der Waals surface area contributed by atoms with Crippen LogP contribution in [0, 0.1) is 12.8 Å². The zero-order valence-corrected chi connectivity index (χ0v) is 15.0. The Balaban J connectivity index is 1.98. The summed E-state index contributed by atoms with van der Waals surface area (Å²) in [6.07, 6.45) is 1.67. The van der Waals surface area contributed by atoms with Crippen LogP contribution in [0.25, 0.3) is 10.7 Å². The number of hydrogen-bond donors (Lipinski definition) is 1. The van der Waals surface area contributed by atoms with Crippen LogP contribution in [-0.4, -0.2) is 34.5 Å². The van der Waals surface area contributed by atoms with Crippen molar-refractivity contribution in [1.29, 1.82) is 0 Å². The minimum Gasteiger partial charge on any atom is -0.451 e. The second-order valence-corrected chi connectivity index (χ2v) is 6.82. The van der Waals surface area contributed by atoms with Crippen molar-refractivity contribution >= 4 is 23.2 Å². The number of thiazole rings is 1. The van der Waals surface area contributed by atoms with Crippen molar-refractivity contribution in [3.05, 3.63) is 35.0 Å². The van der Waals surface area contributed by atoms with Gasteiger partial charge in [-0.3, -0.25) is 9.78 Å². The van der Waals surface area contributed by atoms with Crippen LogP contribution in [0.3, 0.4) is 0 Å². The predicted octanol–water partition coefficient (Wildman–Crippen LogP) is 2.83. The van der Waals surface area contributed by atoms with Gasteiger partial charge < -0.3 is 10.1 Å². The van der Waals surface area contributed by atoms with Crippen molar-refractivity contribution in [3.63, 3.8) is 0 Å². The fourth-order valence-electron chi connectivity index (χ4n) is 1.84. The molecule has 1 amide bonds. The normalized spacial score (nSPS) is 12.0. The average Bonchev–Trinajstić information content (AvgIpc) is 2.95. The van der Waals surface area contributed by atoms with Crippen molar-refractivity contribution in [2.45, 2.75) is 33.7 Å². The number of aryl methyl sites for hydroxylation is 1. The molecule has 0 aliphatic rings. The second kappa shape index (κ2) is 8.01. The van der Waals surface area contributed by atoms with Gasteiger partial charge in [-0.05, 0) is 31.9 Å². The first-order valence-corrected chi connectivity index (χ1v) is 8.55. The summed E-state index contributed by atoms with van der Waals surface area (Å²) >= 11 is 1.21. The number of nitrogens with one attached hydrogen (secondary N) is 1. The lowest BCUT2D eigenvalue weighted by Crippen LogP contribution is -2.38. The summed E-state index contributed by atoms with van der Waals surface area (Å²) in [6, 6.07) is 5.53. The molecule has 0 unspecified atom stereocenters. The Hall–Kier alpha value is -2.28. The highest BCUT2D eigenvalue weighted by Gasteiger charge is 2.19. The van der Waals surface area contributed by atoms with Crippen LogP contribution in [-0.2, 0) is 9.53 Å². The molecule has 2 rings (SSSR count). The number of esters is 1. The van der Waals surface area contributed by atoms with Gasteiger partial charge in [0, 0.05) is 12.2 Å². The van der Waals surface area contributed by atoms with Gasteiger partial charge >= 0.3 is 5.97 Å². The molecule has 6 nitrogen and oxygen atoms in total.